The smallest absolute Gasteiger partial charge is 0.311 e. The van der Waals surface area contributed by atoms with Crippen molar-refractivity contribution in [3.05, 3.63) is 28.8 Å². The van der Waals surface area contributed by atoms with Gasteiger partial charge in [0.15, 0.2) is 0 Å². The molecule has 0 spiro atoms. The molecular weight excluding hydrogens is 250 g/mol. The standard InChI is InChI=1S/C17H25NO2/c1-11-9-12(2)16(18)15(10-11)14(17(19)20)8-7-13-5-3-4-6-13/h9-10,13-14H,3-8,18H2,1-2H3,(H,19,20). The summed E-state index contributed by atoms with van der Waals surface area (Å²) in [5.41, 5.74) is 9.62. The molecule has 3 heteroatoms. The third-order valence-corrected chi connectivity index (χ3v) is 4.58. The van der Waals surface area contributed by atoms with Crippen LogP contribution in [0.4, 0.5) is 5.69 Å². The Morgan fingerprint density at radius 2 is 2.00 bits per heavy atom. The van der Waals surface area contributed by atoms with Gasteiger partial charge in [0.1, 0.15) is 0 Å². The largest absolute Gasteiger partial charge is 0.481 e. The van der Waals surface area contributed by atoms with Crippen molar-refractivity contribution in [1.29, 1.82) is 0 Å². The highest BCUT2D eigenvalue weighted by molar-refractivity contribution is 5.79. The molecule has 0 heterocycles. The van der Waals surface area contributed by atoms with E-state index in [1.54, 1.807) is 0 Å². The van der Waals surface area contributed by atoms with Crippen LogP contribution in [0.1, 0.15) is 61.1 Å². The van der Waals surface area contributed by atoms with Crippen LogP contribution in [0.2, 0.25) is 0 Å². The molecule has 1 aliphatic rings. The number of carboxylic acid groups (broad SMARTS) is 1. The Hall–Kier alpha value is -1.51. The van der Waals surface area contributed by atoms with Crippen molar-refractivity contribution >= 4 is 11.7 Å². The number of rotatable bonds is 5. The number of hydrogen-bond donors (Lipinski definition) is 2. The van der Waals surface area contributed by atoms with E-state index in [4.69, 9.17) is 5.73 Å². The number of carbonyl (C=O) groups is 1. The summed E-state index contributed by atoms with van der Waals surface area (Å²) in [5, 5.41) is 9.55. The number of carboxylic acids is 1. The fourth-order valence-electron chi connectivity index (χ4n) is 3.41. The van der Waals surface area contributed by atoms with Crippen molar-refractivity contribution in [3.8, 4) is 0 Å². The zero-order valence-corrected chi connectivity index (χ0v) is 12.5. The summed E-state index contributed by atoms with van der Waals surface area (Å²) in [7, 11) is 0. The highest BCUT2D eigenvalue weighted by atomic mass is 16.4. The molecule has 0 radical (unpaired) electrons. The summed E-state index contributed by atoms with van der Waals surface area (Å²) < 4.78 is 0. The average Bonchev–Trinajstić information content (AvgIpc) is 2.88. The molecule has 0 aliphatic heterocycles. The van der Waals surface area contributed by atoms with E-state index in [0.29, 0.717) is 18.0 Å². The van der Waals surface area contributed by atoms with E-state index in [-0.39, 0.29) is 0 Å². The lowest BCUT2D eigenvalue weighted by Crippen LogP contribution is -2.15. The number of nitrogens with two attached hydrogens (primary N) is 1. The molecule has 0 aromatic heterocycles. The van der Waals surface area contributed by atoms with E-state index >= 15 is 0 Å². The van der Waals surface area contributed by atoms with Crippen molar-refractivity contribution < 1.29 is 9.90 Å². The second-order valence-corrected chi connectivity index (χ2v) is 6.20. The Kier molecular flexibility index (Phi) is 4.69. The minimum atomic E-state index is -0.750. The van der Waals surface area contributed by atoms with Crippen molar-refractivity contribution in [2.75, 3.05) is 5.73 Å². The quantitative estimate of drug-likeness (QED) is 0.798. The summed E-state index contributed by atoms with van der Waals surface area (Å²) >= 11 is 0. The molecular formula is C17H25NO2. The molecule has 1 fully saturated rings. The van der Waals surface area contributed by atoms with Gasteiger partial charge in [0.2, 0.25) is 0 Å². The van der Waals surface area contributed by atoms with Gasteiger partial charge >= 0.3 is 5.97 Å². The zero-order chi connectivity index (χ0) is 14.7. The van der Waals surface area contributed by atoms with Gasteiger partial charge in [0, 0.05) is 5.69 Å². The van der Waals surface area contributed by atoms with Crippen LogP contribution in [-0.2, 0) is 4.79 Å². The van der Waals surface area contributed by atoms with Crippen LogP contribution in [-0.4, -0.2) is 11.1 Å². The average molecular weight is 275 g/mol. The van der Waals surface area contributed by atoms with Gasteiger partial charge in [0.05, 0.1) is 5.92 Å². The van der Waals surface area contributed by atoms with Crippen molar-refractivity contribution in [2.24, 2.45) is 5.92 Å². The van der Waals surface area contributed by atoms with Gasteiger partial charge in [0.25, 0.3) is 0 Å². The molecule has 0 saturated heterocycles. The highest BCUT2D eigenvalue weighted by Crippen LogP contribution is 2.35. The number of aryl methyl sites for hydroxylation is 2. The van der Waals surface area contributed by atoms with E-state index in [9.17, 15) is 9.90 Å². The summed E-state index contributed by atoms with van der Waals surface area (Å²) in [6.07, 6.45) is 6.82. The number of hydrogen-bond acceptors (Lipinski definition) is 2. The van der Waals surface area contributed by atoms with E-state index in [0.717, 1.165) is 23.1 Å². The Labute approximate surface area is 121 Å². The SMILES string of the molecule is Cc1cc(C)c(N)c(C(CCC2CCCC2)C(=O)O)c1. The maximum atomic E-state index is 11.6. The van der Waals surface area contributed by atoms with Crippen LogP contribution in [0, 0.1) is 19.8 Å². The van der Waals surface area contributed by atoms with Crippen molar-refractivity contribution in [1.82, 2.24) is 0 Å². The maximum absolute atomic E-state index is 11.6. The summed E-state index contributed by atoms with van der Waals surface area (Å²) in [4.78, 5) is 11.6. The fraction of sp³-hybridized carbons (Fsp3) is 0.588. The summed E-state index contributed by atoms with van der Waals surface area (Å²) in [6.45, 7) is 3.94. The Bertz CT molecular complexity index is 490. The first-order chi connectivity index (χ1) is 9.49. The summed E-state index contributed by atoms with van der Waals surface area (Å²) in [6, 6.07) is 3.95. The van der Waals surface area contributed by atoms with Crippen LogP contribution in [0.25, 0.3) is 0 Å². The first kappa shape index (κ1) is 14.9. The minimum Gasteiger partial charge on any atom is -0.481 e. The van der Waals surface area contributed by atoms with Crippen LogP contribution in [0.3, 0.4) is 0 Å². The fourth-order valence-corrected chi connectivity index (χ4v) is 3.41. The Balaban J connectivity index is 2.17. The van der Waals surface area contributed by atoms with Crippen molar-refractivity contribution in [2.45, 2.75) is 58.3 Å². The molecule has 1 atom stereocenters. The number of nitrogen functional groups attached to an aromatic ring is 1. The van der Waals surface area contributed by atoms with Crippen LogP contribution in [0.5, 0.6) is 0 Å². The molecule has 3 nitrogen and oxygen atoms in total. The normalized spacial score (nSPS) is 17.3. The minimum absolute atomic E-state index is 0.464. The Morgan fingerprint density at radius 3 is 2.60 bits per heavy atom. The van der Waals surface area contributed by atoms with Gasteiger partial charge in [-0.05, 0) is 43.7 Å². The van der Waals surface area contributed by atoms with Gasteiger partial charge in [-0.3, -0.25) is 4.79 Å². The zero-order valence-electron chi connectivity index (χ0n) is 12.5. The third-order valence-electron chi connectivity index (χ3n) is 4.58. The molecule has 1 aromatic rings. The lowest BCUT2D eigenvalue weighted by Gasteiger charge is -2.19. The molecule has 110 valence electrons. The number of aliphatic carboxylic acids is 1. The van der Waals surface area contributed by atoms with E-state index in [2.05, 4.69) is 0 Å². The highest BCUT2D eigenvalue weighted by Gasteiger charge is 2.25. The molecule has 3 N–H and O–H groups in total. The van der Waals surface area contributed by atoms with Gasteiger partial charge in [-0.25, -0.2) is 0 Å². The molecule has 1 unspecified atom stereocenters. The van der Waals surface area contributed by atoms with Gasteiger partial charge in [-0.15, -0.1) is 0 Å². The van der Waals surface area contributed by atoms with E-state index in [1.807, 2.05) is 26.0 Å². The van der Waals surface area contributed by atoms with Crippen LogP contribution in [0.15, 0.2) is 12.1 Å². The molecule has 20 heavy (non-hydrogen) atoms. The topological polar surface area (TPSA) is 63.3 Å². The van der Waals surface area contributed by atoms with Gasteiger partial charge < -0.3 is 10.8 Å². The van der Waals surface area contributed by atoms with E-state index < -0.39 is 11.9 Å². The van der Waals surface area contributed by atoms with Crippen LogP contribution >= 0.6 is 0 Å². The monoisotopic (exact) mass is 275 g/mol. The molecule has 1 aromatic carbocycles. The predicted octanol–water partition coefficient (Wildman–Crippen LogP) is 4.02. The molecule has 1 aliphatic carbocycles. The van der Waals surface area contributed by atoms with Gasteiger partial charge in [-0.2, -0.15) is 0 Å². The second-order valence-electron chi connectivity index (χ2n) is 6.20. The molecule has 0 bridgehead atoms. The predicted molar refractivity (Wildman–Crippen MR) is 81.9 cm³/mol. The summed E-state index contributed by atoms with van der Waals surface area (Å²) in [5.74, 6) is -0.502. The van der Waals surface area contributed by atoms with Gasteiger partial charge in [-0.1, -0.05) is 43.4 Å². The van der Waals surface area contributed by atoms with Crippen molar-refractivity contribution in [3.63, 3.8) is 0 Å². The first-order valence-corrected chi connectivity index (χ1v) is 7.58. The first-order valence-electron chi connectivity index (χ1n) is 7.58. The number of benzene rings is 1. The number of anilines is 1. The second kappa shape index (κ2) is 6.29. The molecule has 2 rings (SSSR count). The maximum Gasteiger partial charge on any atom is 0.311 e. The molecule has 1 saturated carbocycles. The van der Waals surface area contributed by atoms with Crippen LogP contribution < -0.4 is 5.73 Å². The molecule has 0 amide bonds. The Morgan fingerprint density at radius 1 is 1.35 bits per heavy atom. The lowest BCUT2D eigenvalue weighted by atomic mass is 9.87. The van der Waals surface area contributed by atoms with E-state index in [1.165, 1.54) is 25.7 Å². The third kappa shape index (κ3) is 3.33. The lowest BCUT2D eigenvalue weighted by molar-refractivity contribution is -0.139.